The van der Waals surface area contributed by atoms with Crippen LogP contribution in [0.3, 0.4) is 0 Å². The third kappa shape index (κ3) is 2.60. The van der Waals surface area contributed by atoms with Gasteiger partial charge in [-0.15, -0.1) is 0 Å². The maximum absolute atomic E-state index is 13.1. The molecule has 0 radical (unpaired) electrons. The molecule has 0 unspecified atom stereocenters. The number of rotatable bonds is 1. The Kier molecular flexibility index (Phi) is 3.86. The van der Waals surface area contributed by atoms with Crippen LogP contribution in [0.1, 0.15) is 36.3 Å². The Morgan fingerprint density at radius 3 is 2.58 bits per heavy atom. The SMILES string of the molecule is Cc1ccc2nc3c(cc(C(=O)N4C[C@H](C)C[C@@H](C)C4)n3C)c(=O)n2c1. The average Bonchev–Trinajstić information content (AvgIpc) is 2.91. The highest BCUT2D eigenvalue weighted by atomic mass is 16.2. The predicted octanol–water partition coefficient (Wildman–Crippen LogP) is 2.61. The van der Waals surface area contributed by atoms with Crippen molar-refractivity contribution >= 4 is 22.6 Å². The highest BCUT2D eigenvalue weighted by molar-refractivity contribution is 5.98. The molecule has 0 bridgehead atoms. The first-order valence-corrected chi connectivity index (χ1v) is 9.13. The first kappa shape index (κ1) is 16.8. The number of hydrogen-bond acceptors (Lipinski definition) is 3. The van der Waals surface area contributed by atoms with Crippen LogP contribution in [0, 0.1) is 18.8 Å². The van der Waals surface area contributed by atoms with Gasteiger partial charge in [0.1, 0.15) is 17.0 Å². The van der Waals surface area contributed by atoms with E-state index in [0.717, 1.165) is 25.1 Å². The zero-order valence-corrected chi connectivity index (χ0v) is 15.7. The zero-order chi connectivity index (χ0) is 18.6. The lowest BCUT2D eigenvalue weighted by Crippen LogP contribution is -2.43. The van der Waals surface area contributed by atoms with Crippen molar-refractivity contribution in [3.63, 3.8) is 0 Å². The van der Waals surface area contributed by atoms with Gasteiger partial charge in [0.2, 0.25) is 0 Å². The van der Waals surface area contributed by atoms with E-state index in [4.69, 9.17) is 0 Å². The van der Waals surface area contributed by atoms with Crippen molar-refractivity contribution in [2.45, 2.75) is 27.2 Å². The molecule has 136 valence electrons. The third-order valence-electron chi connectivity index (χ3n) is 5.32. The quantitative estimate of drug-likeness (QED) is 0.676. The topological polar surface area (TPSA) is 59.6 Å². The number of piperidine rings is 1. The Morgan fingerprint density at radius 2 is 1.88 bits per heavy atom. The molecule has 4 heterocycles. The molecule has 1 fully saturated rings. The summed E-state index contributed by atoms with van der Waals surface area (Å²) in [7, 11) is 1.81. The number of carbonyl (C=O) groups excluding carboxylic acids is 1. The van der Waals surface area contributed by atoms with E-state index < -0.39 is 0 Å². The second-order valence-corrected chi connectivity index (χ2v) is 7.83. The van der Waals surface area contributed by atoms with Gasteiger partial charge in [-0.1, -0.05) is 19.9 Å². The summed E-state index contributed by atoms with van der Waals surface area (Å²) in [4.78, 5) is 32.5. The van der Waals surface area contributed by atoms with Gasteiger partial charge < -0.3 is 9.47 Å². The van der Waals surface area contributed by atoms with Gasteiger partial charge in [0.25, 0.3) is 11.5 Å². The molecular weight excluding hydrogens is 328 g/mol. The van der Waals surface area contributed by atoms with E-state index in [9.17, 15) is 9.59 Å². The molecule has 1 aliphatic rings. The molecule has 26 heavy (non-hydrogen) atoms. The summed E-state index contributed by atoms with van der Waals surface area (Å²) in [5, 5.41) is 0.483. The Hall–Kier alpha value is -2.63. The minimum atomic E-state index is -0.135. The maximum atomic E-state index is 13.1. The number of aryl methyl sites for hydroxylation is 2. The molecule has 6 heteroatoms. The van der Waals surface area contributed by atoms with Gasteiger partial charge >= 0.3 is 0 Å². The van der Waals surface area contributed by atoms with Crippen LogP contribution in [0.15, 0.2) is 29.2 Å². The molecule has 3 aromatic rings. The van der Waals surface area contributed by atoms with E-state index in [2.05, 4.69) is 18.8 Å². The van der Waals surface area contributed by atoms with E-state index in [1.807, 2.05) is 31.0 Å². The van der Waals surface area contributed by atoms with Gasteiger partial charge in [-0.25, -0.2) is 4.98 Å². The van der Waals surface area contributed by atoms with Crippen molar-refractivity contribution in [2.24, 2.45) is 18.9 Å². The van der Waals surface area contributed by atoms with Crippen LogP contribution in [-0.4, -0.2) is 37.8 Å². The number of likely N-dealkylation sites (tertiary alicyclic amines) is 1. The fraction of sp³-hybridized carbons (Fsp3) is 0.450. The molecule has 4 rings (SSSR count). The van der Waals surface area contributed by atoms with Crippen molar-refractivity contribution < 1.29 is 4.79 Å². The second-order valence-electron chi connectivity index (χ2n) is 7.83. The van der Waals surface area contributed by atoms with Gasteiger partial charge in [0.05, 0.1) is 5.39 Å². The van der Waals surface area contributed by atoms with Crippen LogP contribution >= 0.6 is 0 Å². The summed E-state index contributed by atoms with van der Waals surface area (Å²) in [5.74, 6) is 0.965. The number of fused-ring (bicyclic) bond motifs is 2. The summed E-state index contributed by atoms with van der Waals surface area (Å²) in [5.41, 5.74) is 2.53. The second kappa shape index (κ2) is 5.97. The molecule has 0 N–H and O–H groups in total. The number of aromatic nitrogens is 3. The monoisotopic (exact) mass is 352 g/mol. The van der Waals surface area contributed by atoms with E-state index in [1.165, 1.54) is 0 Å². The van der Waals surface area contributed by atoms with Gasteiger partial charge in [-0.2, -0.15) is 0 Å². The van der Waals surface area contributed by atoms with Gasteiger partial charge in [-0.05, 0) is 42.9 Å². The van der Waals surface area contributed by atoms with E-state index in [1.54, 1.807) is 21.2 Å². The molecular formula is C20H24N4O2. The lowest BCUT2D eigenvalue weighted by atomic mass is 9.92. The third-order valence-corrected chi connectivity index (χ3v) is 5.32. The average molecular weight is 352 g/mol. The predicted molar refractivity (Wildman–Crippen MR) is 102 cm³/mol. The summed E-state index contributed by atoms with van der Waals surface area (Å²) in [6.07, 6.45) is 2.93. The number of amides is 1. The van der Waals surface area contributed by atoms with Crippen LogP contribution < -0.4 is 5.56 Å². The van der Waals surface area contributed by atoms with Crippen molar-refractivity contribution in [3.05, 3.63) is 46.0 Å². The molecule has 0 saturated carbocycles. The standard InChI is InChI=1S/C20H24N4O2/c1-12-5-6-17-21-18-15(19(25)24(17)11-12)8-16(22(18)4)20(26)23-9-13(2)7-14(3)10-23/h5-6,8,11,13-14H,7,9-10H2,1-4H3/t13-,14-/m1/s1. The lowest BCUT2D eigenvalue weighted by molar-refractivity contribution is 0.0614. The first-order chi connectivity index (χ1) is 12.3. The largest absolute Gasteiger partial charge is 0.337 e. The van der Waals surface area contributed by atoms with E-state index >= 15 is 0 Å². The first-order valence-electron chi connectivity index (χ1n) is 9.13. The van der Waals surface area contributed by atoms with Gasteiger partial charge in [-0.3, -0.25) is 14.0 Å². The molecule has 1 amide bonds. The number of nitrogens with zero attached hydrogens (tertiary/aromatic N) is 4. The fourth-order valence-corrected chi connectivity index (χ4v) is 4.17. The zero-order valence-electron chi connectivity index (χ0n) is 15.7. The Morgan fingerprint density at radius 1 is 1.19 bits per heavy atom. The Labute approximate surface area is 152 Å². The summed E-state index contributed by atoms with van der Waals surface area (Å²) in [6.45, 7) is 7.83. The molecule has 0 aromatic carbocycles. The molecule has 3 aromatic heterocycles. The highest BCUT2D eigenvalue weighted by Gasteiger charge is 2.28. The van der Waals surface area contributed by atoms with E-state index in [0.29, 0.717) is 34.2 Å². The van der Waals surface area contributed by atoms with Crippen molar-refractivity contribution in [3.8, 4) is 0 Å². The number of hydrogen-bond donors (Lipinski definition) is 0. The summed E-state index contributed by atoms with van der Waals surface area (Å²) >= 11 is 0. The lowest BCUT2D eigenvalue weighted by Gasteiger charge is -2.35. The molecule has 0 spiro atoms. The van der Waals surface area contributed by atoms with Crippen LogP contribution in [-0.2, 0) is 7.05 Å². The summed E-state index contributed by atoms with van der Waals surface area (Å²) in [6, 6.07) is 5.46. The molecule has 0 aliphatic carbocycles. The molecule has 1 saturated heterocycles. The highest BCUT2D eigenvalue weighted by Crippen LogP contribution is 2.24. The number of carbonyl (C=O) groups is 1. The minimum absolute atomic E-state index is 0.0199. The van der Waals surface area contributed by atoms with Crippen LogP contribution in [0.4, 0.5) is 0 Å². The van der Waals surface area contributed by atoms with E-state index in [-0.39, 0.29) is 11.5 Å². The Balaban J connectivity index is 1.85. The van der Waals surface area contributed by atoms with Crippen molar-refractivity contribution in [2.75, 3.05) is 13.1 Å². The normalized spacial score (nSPS) is 20.8. The molecule has 2 atom stereocenters. The van der Waals surface area contributed by atoms with Gasteiger partial charge in [0, 0.05) is 26.3 Å². The molecule has 6 nitrogen and oxygen atoms in total. The Bertz CT molecular complexity index is 1070. The van der Waals surface area contributed by atoms with Crippen LogP contribution in [0.5, 0.6) is 0 Å². The van der Waals surface area contributed by atoms with Crippen molar-refractivity contribution in [1.29, 1.82) is 0 Å². The maximum Gasteiger partial charge on any atom is 0.270 e. The fourth-order valence-electron chi connectivity index (χ4n) is 4.17. The van der Waals surface area contributed by atoms with Crippen molar-refractivity contribution in [1.82, 2.24) is 18.9 Å². The van der Waals surface area contributed by atoms with Crippen LogP contribution in [0.25, 0.3) is 16.7 Å². The van der Waals surface area contributed by atoms with Crippen LogP contribution in [0.2, 0.25) is 0 Å². The smallest absolute Gasteiger partial charge is 0.270 e. The van der Waals surface area contributed by atoms with Gasteiger partial charge in [0.15, 0.2) is 0 Å². The molecule has 1 aliphatic heterocycles. The minimum Gasteiger partial charge on any atom is -0.337 e. The number of pyridine rings is 1. The summed E-state index contributed by atoms with van der Waals surface area (Å²) < 4.78 is 3.31.